The lowest BCUT2D eigenvalue weighted by atomic mass is 10.3. The fourth-order valence-electron chi connectivity index (χ4n) is 0.693. The van der Waals surface area contributed by atoms with Gasteiger partial charge in [-0.25, -0.2) is 8.42 Å². The Hall–Kier alpha value is -1.74. The molecule has 0 aromatic carbocycles. The van der Waals surface area contributed by atoms with Gasteiger partial charge in [0, 0.05) is 5.41 Å². The molecule has 0 bridgehead atoms. The molecule has 0 radical (unpaired) electrons. The van der Waals surface area contributed by atoms with Crippen LogP contribution in [-0.4, -0.2) is 18.6 Å². The Morgan fingerprint density at radius 3 is 2.85 bits per heavy atom. The highest BCUT2D eigenvalue weighted by Gasteiger charge is 2.16. The van der Waals surface area contributed by atoms with Crippen LogP contribution in [0, 0.1) is 11.3 Å². The second kappa shape index (κ2) is 3.33. The van der Waals surface area contributed by atoms with Crippen LogP contribution in [0.2, 0.25) is 0 Å². The maximum Gasteiger partial charge on any atom is 0.219 e. The average molecular weight is 195 g/mol. The third-order valence-electron chi connectivity index (χ3n) is 1.30. The first-order valence-electron chi connectivity index (χ1n) is 3.21. The number of sulfone groups is 1. The molecule has 0 fully saturated rings. The van der Waals surface area contributed by atoms with Gasteiger partial charge in [-0.2, -0.15) is 10.4 Å². The van der Waals surface area contributed by atoms with E-state index in [0.717, 1.165) is 5.41 Å². The Kier molecular flexibility index (Phi) is 2.39. The van der Waals surface area contributed by atoms with Crippen LogP contribution in [0.5, 0.6) is 0 Å². The van der Waals surface area contributed by atoms with Crippen LogP contribution in [-0.2, 0) is 9.84 Å². The Bertz CT molecular complexity index is 473. The molecule has 6 heteroatoms. The number of hydrogen-bond donors (Lipinski definition) is 0. The smallest absolute Gasteiger partial charge is 0.217 e. The van der Waals surface area contributed by atoms with Gasteiger partial charge in [-0.1, -0.05) is 6.58 Å². The minimum atomic E-state index is -3.67. The molecule has 1 heterocycles. The molecule has 0 N–H and O–H groups in total. The summed E-state index contributed by atoms with van der Waals surface area (Å²) in [5.41, 5.74) is -0.0325. The molecule has 13 heavy (non-hydrogen) atoms. The van der Waals surface area contributed by atoms with Crippen molar-refractivity contribution in [3.63, 3.8) is 0 Å². The van der Waals surface area contributed by atoms with Gasteiger partial charge in [0.25, 0.3) is 0 Å². The topological polar surface area (TPSA) is 83.7 Å². The minimum absolute atomic E-state index is 0.0325. The number of nitriles is 1. The molecule has 0 aliphatic rings. The summed E-state index contributed by atoms with van der Waals surface area (Å²) in [5.74, 6) is 0. The van der Waals surface area contributed by atoms with E-state index < -0.39 is 9.84 Å². The lowest BCUT2D eigenvalue weighted by Crippen LogP contribution is -2.03. The predicted molar refractivity (Wildman–Crippen MR) is 44.1 cm³/mol. The maximum atomic E-state index is 11.2. The van der Waals surface area contributed by atoms with Gasteiger partial charge >= 0.3 is 0 Å². The van der Waals surface area contributed by atoms with Crippen molar-refractivity contribution in [3.05, 3.63) is 29.8 Å². The van der Waals surface area contributed by atoms with Gasteiger partial charge < -0.3 is 0 Å². The third-order valence-corrected chi connectivity index (χ3v) is 2.58. The Morgan fingerprint density at radius 2 is 2.31 bits per heavy atom. The van der Waals surface area contributed by atoms with E-state index in [9.17, 15) is 8.42 Å². The zero-order chi connectivity index (χ0) is 9.90. The average Bonchev–Trinajstić information content (AvgIpc) is 2.18. The zero-order valence-corrected chi connectivity index (χ0v) is 7.32. The summed E-state index contributed by atoms with van der Waals surface area (Å²) in [5, 5.41) is 15.7. The quantitative estimate of drug-likeness (QED) is 0.676. The highest BCUT2D eigenvalue weighted by atomic mass is 32.2. The molecule has 0 atom stereocenters. The van der Waals surface area contributed by atoms with Crippen molar-refractivity contribution in [2.45, 2.75) is 5.03 Å². The molecular weight excluding hydrogens is 190 g/mol. The summed E-state index contributed by atoms with van der Waals surface area (Å²) in [6, 6.07) is 2.99. The second-order valence-corrected chi connectivity index (χ2v) is 3.88. The van der Waals surface area contributed by atoms with Gasteiger partial charge in [-0.3, -0.25) is 0 Å². The van der Waals surface area contributed by atoms with Gasteiger partial charge in [-0.15, -0.1) is 5.10 Å². The summed E-state index contributed by atoms with van der Waals surface area (Å²) in [7, 11) is -3.67. The summed E-state index contributed by atoms with van der Waals surface area (Å²) < 4.78 is 22.4. The van der Waals surface area contributed by atoms with E-state index >= 15 is 0 Å². The predicted octanol–water partition coefficient (Wildman–Crippen LogP) is 0.265. The molecule has 66 valence electrons. The first-order valence-corrected chi connectivity index (χ1v) is 4.76. The van der Waals surface area contributed by atoms with Gasteiger partial charge in [0.15, 0.2) is 5.03 Å². The summed E-state index contributed by atoms with van der Waals surface area (Å²) in [4.78, 5) is 0. The molecule has 0 amide bonds. The molecule has 0 unspecified atom stereocenters. The molecule has 1 aromatic heterocycles. The Balaban J connectivity index is 3.49. The van der Waals surface area contributed by atoms with E-state index in [2.05, 4.69) is 16.8 Å². The van der Waals surface area contributed by atoms with Crippen LogP contribution in [0.4, 0.5) is 0 Å². The van der Waals surface area contributed by atoms with Crippen molar-refractivity contribution < 1.29 is 8.42 Å². The number of aromatic nitrogens is 2. The summed E-state index contributed by atoms with van der Waals surface area (Å²) >= 11 is 0. The van der Waals surface area contributed by atoms with Crippen LogP contribution in [0.3, 0.4) is 0 Å². The summed E-state index contributed by atoms with van der Waals surface area (Å²) in [6.07, 6.45) is 1.25. The van der Waals surface area contributed by atoms with Crippen molar-refractivity contribution in [3.8, 4) is 6.07 Å². The second-order valence-electron chi connectivity index (χ2n) is 2.07. The Labute approximate surface area is 75.3 Å². The van der Waals surface area contributed by atoms with Gasteiger partial charge in [0.2, 0.25) is 9.84 Å². The SMILES string of the molecule is C=CS(=O)(=O)c1nnccc1C#N. The van der Waals surface area contributed by atoms with Crippen LogP contribution in [0.25, 0.3) is 0 Å². The first-order chi connectivity index (χ1) is 6.11. The van der Waals surface area contributed by atoms with E-state index in [1.165, 1.54) is 12.3 Å². The van der Waals surface area contributed by atoms with Crippen molar-refractivity contribution in [1.29, 1.82) is 5.26 Å². The standard InChI is InChI=1S/C7H5N3O2S/c1-2-13(11,12)7-6(5-8)3-4-9-10-7/h2-4H,1H2. The van der Waals surface area contributed by atoms with Gasteiger partial charge in [0.1, 0.15) is 6.07 Å². The van der Waals surface area contributed by atoms with E-state index in [-0.39, 0.29) is 10.6 Å². The van der Waals surface area contributed by atoms with Gasteiger partial charge in [-0.05, 0) is 6.07 Å². The van der Waals surface area contributed by atoms with E-state index in [0.29, 0.717) is 0 Å². The largest absolute Gasteiger partial charge is 0.219 e. The zero-order valence-electron chi connectivity index (χ0n) is 6.51. The monoisotopic (exact) mass is 195 g/mol. The van der Waals surface area contributed by atoms with E-state index in [1.807, 2.05) is 0 Å². The van der Waals surface area contributed by atoms with E-state index in [1.54, 1.807) is 6.07 Å². The highest BCUT2D eigenvalue weighted by molar-refractivity contribution is 7.94. The number of nitrogens with zero attached hydrogens (tertiary/aromatic N) is 3. The fraction of sp³-hybridized carbons (Fsp3) is 0. The molecule has 0 spiro atoms. The normalized spacial score (nSPS) is 10.4. The Morgan fingerprint density at radius 1 is 1.62 bits per heavy atom. The number of rotatable bonds is 2. The molecule has 5 nitrogen and oxygen atoms in total. The van der Waals surface area contributed by atoms with E-state index in [4.69, 9.17) is 5.26 Å². The summed E-state index contributed by atoms with van der Waals surface area (Å²) in [6.45, 7) is 3.12. The number of hydrogen-bond acceptors (Lipinski definition) is 5. The first kappa shape index (κ1) is 9.35. The maximum absolute atomic E-state index is 11.2. The molecule has 0 saturated heterocycles. The molecule has 1 rings (SSSR count). The molecule has 0 aliphatic heterocycles. The van der Waals surface area contributed by atoms with Gasteiger partial charge in [0.05, 0.1) is 11.8 Å². The van der Waals surface area contributed by atoms with Crippen LogP contribution < -0.4 is 0 Å². The fourth-order valence-corrected chi connectivity index (χ4v) is 1.43. The highest BCUT2D eigenvalue weighted by Crippen LogP contribution is 2.11. The van der Waals surface area contributed by atoms with Crippen molar-refractivity contribution in [2.24, 2.45) is 0 Å². The molecular formula is C7H5N3O2S. The lowest BCUT2D eigenvalue weighted by Gasteiger charge is -1.96. The lowest BCUT2D eigenvalue weighted by molar-refractivity contribution is 0.598. The minimum Gasteiger partial charge on any atom is -0.217 e. The third kappa shape index (κ3) is 1.71. The van der Waals surface area contributed by atoms with Crippen LogP contribution in [0.15, 0.2) is 29.3 Å². The van der Waals surface area contributed by atoms with Crippen LogP contribution >= 0.6 is 0 Å². The molecule has 0 saturated carbocycles. The van der Waals surface area contributed by atoms with Crippen LogP contribution in [0.1, 0.15) is 5.56 Å². The van der Waals surface area contributed by atoms with Crippen molar-refractivity contribution >= 4 is 9.84 Å². The molecule has 1 aromatic rings. The molecule has 0 aliphatic carbocycles. The van der Waals surface area contributed by atoms with Crippen molar-refractivity contribution in [1.82, 2.24) is 10.2 Å². The van der Waals surface area contributed by atoms with Crippen molar-refractivity contribution in [2.75, 3.05) is 0 Å².